The predicted molar refractivity (Wildman–Crippen MR) is 112 cm³/mol. The molecule has 3 N–H and O–H groups in total. The zero-order chi connectivity index (χ0) is 22.4. The van der Waals surface area contributed by atoms with E-state index in [4.69, 9.17) is 0 Å². The standard InChI is InChI=1S/C20H28F2N8O/c1-5-23-18-24-10-13(21)16(26-18)25-15-12-11-30(19(2,3)14(12)27-28-15)17(31)20(22)6-8-29(4)9-7-20/h10H,5-9,11H2,1-4H3,(H3,23,24,25,26,27,28). The lowest BCUT2D eigenvalue weighted by Gasteiger charge is -2.40. The first kappa shape index (κ1) is 21.4. The van der Waals surface area contributed by atoms with Gasteiger partial charge in [-0.25, -0.2) is 13.8 Å². The quantitative estimate of drug-likeness (QED) is 0.665. The van der Waals surface area contributed by atoms with E-state index in [1.165, 1.54) is 0 Å². The molecular formula is C20H28F2N8O. The third kappa shape index (κ3) is 3.71. The first-order valence-electron chi connectivity index (χ1n) is 10.5. The third-order valence-electron chi connectivity index (χ3n) is 6.19. The summed E-state index contributed by atoms with van der Waals surface area (Å²) in [5, 5.41) is 13.0. The molecule has 0 bridgehead atoms. The Kier molecular flexibility index (Phi) is 5.32. The average molecular weight is 434 g/mol. The van der Waals surface area contributed by atoms with Gasteiger partial charge in [-0.2, -0.15) is 10.1 Å². The van der Waals surface area contributed by atoms with E-state index in [-0.39, 0.29) is 31.2 Å². The molecular weight excluding hydrogens is 406 g/mol. The van der Waals surface area contributed by atoms with Gasteiger partial charge in [-0.05, 0) is 27.8 Å². The van der Waals surface area contributed by atoms with Crippen LogP contribution in [0, 0.1) is 5.82 Å². The minimum absolute atomic E-state index is 0.0277. The Morgan fingerprint density at radius 3 is 2.68 bits per heavy atom. The van der Waals surface area contributed by atoms with Crippen LogP contribution in [0.15, 0.2) is 6.20 Å². The van der Waals surface area contributed by atoms with Gasteiger partial charge in [-0.3, -0.25) is 9.89 Å². The largest absolute Gasteiger partial charge is 0.354 e. The second-order valence-corrected chi connectivity index (χ2v) is 8.69. The van der Waals surface area contributed by atoms with Gasteiger partial charge >= 0.3 is 0 Å². The van der Waals surface area contributed by atoms with Crippen molar-refractivity contribution in [2.75, 3.05) is 37.3 Å². The fourth-order valence-electron chi connectivity index (χ4n) is 4.18. The van der Waals surface area contributed by atoms with Crippen molar-refractivity contribution >= 4 is 23.5 Å². The summed E-state index contributed by atoms with van der Waals surface area (Å²) in [7, 11) is 1.92. The Balaban J connectivity index is 1.59. The minimum atomic E-state index is -1.88. The SMILES string of the molecule is CCNc1ncc(F)c(Nc2n[nH]c3c2CN(C(=O)C2(F)CCN(C)CC2)C3(C)C)n1. The van der Waals surface area contributed by atoms with Crippen molar-refractivity contribution in [3.63, 3.8) is 0 Å². The van der Waals surface area contributed by atoms with E-state index >= 15 is 4.39 Å². The van der Waals surface area contributed by atoms with Gasteiger partial charge < -0.3 is 20.4 Å². The number of carbonyl (C=O) groups is 1. The number of alkyl halides is 1. The fourth-order valence-corrected chi connectivity index (χ4v) is 4.18. The number of rotatable bonds is 5. The summed E-state index contributed by atoms with van der Waals surface area (Å²) in [5.74, 6) is -0.520. The number of aromatic nitrogens is 4. The topological polar surface area (TPSA) is 102 Å². The van der Waals surface area contributed by atoms with Gasteiger partial charge in [0.2, 0.25) is 5.95 Å². The Bertz CT molecular complexity index is 984. The lowest BCUT2D eigenvalue weighted by molar-refractivity contribution is -0.153. The number of amides is 1. The van der Waals surface area contributed by atoms with Crippen molar-refractivity contribution in [3.05, 3.63) is 23.3 Å². The summed E-state index contributed by atoms with van der Waals surface area (Å²) in [6.45, 7) is 7.44. The molecule has 0 aromatic carbocycles. The molecule has 1 fully saturated rings. The van der Waals surface area contributed by atoms with Crippen molar-refractivity contribution in [2.24, 2.45) is 0 Å². The number of halogens is 2. The van der Waals surface area contributed by atoms with E-state index < -0.39 is 22.9 Å². The lowest BCUT2D eigenvalue weighted by Crippen LogP contribution is -2.54. The molecule has 4 rings (SSSR count). The summed E-state index contributed by atoms with van der Waals surface area (Å²) < 4.78 is 29.8. The first-order valence-corrected chi connectivity index (χ1v) is 10.5. The van der Waals surface area contributed by atoms with E-state index in [1.54, 1.807) is 4.90 Å². The monoisotopic (exact) mass is 434 g/mol. The molecule has 0 atom stereocenters. The predicted octanol–water partition coefficient (Wildman–Crippen LogP) is 2.53. The zero-order valence-corrected chi connectivity index (χ0v) is 18.2. The maximum Gasteiger partial charge on any atom is 0.261 e. The summed E-state index contributed by atoms with van der Waals surface area (Å²) in [4.78, 5) is 24.8. The van der Waals surface area contributed by atoms with E-state index in [2.05, 4.69) is 30.8 Å². The number of hydrogen-bond donors (Lipinski definition) is 3. The Morgan fingerprint density at radius 1 is 1.29 bits per heavy atom. The molecule has 0 saturated carbocycles. The van der Waals surface area contributed by atoms with Crippen molar-refractivity contribution in [1.29, 1.82) is 0 Å². The number of H-pyrrole nitrogens is 1. The molecule has 2 aliphatic heterocycles. The molecule has 4 heterocycles. The second kappa shape index (κ2) is 7.70. The smallest absolute Gasteiger partial charge is 0.261 e. The average Bonchev–Trinajstić information content (AvgIpc) is 3.25. The molecule has 11 heteroatoms. The highest BCUT2D eigenvalue weighted by atomic mass is 19.1. The molecule has 2 aromatic heterocycles. The summed E-state index contributed by atoms with van der Waals surface area (Å²) in [6, 6.07) is 0. The molecule has 0 aliphatic carbocycles. The van der Waals surface area contributed by atoms with Gasteiger partial charge in [0, 0.05) is 38.0 Å². The highest BCUT2D eigenvalue weighted by Crippen LogP contribution is 2.44. The number of nitrogens with zero attached hydrogens (tertiary/aromatic N) is 5. The Hall–Kier alpha value is -2.82. The molecule has 2 aliphatic rings. The summed E-state index contributed by atoms with van der Waals surface area (Å²) >= 11 is 0. The number of anilines is 3. The van der Waals surface area contributed by atoms with Gasteiger partial charge in [-0.15, -0.1) is 0 Å². The Labute approximate surface area is 179 Å². The van der Waals surface area contributed by atoms with Crippen LogP contribution in [-0.4, -0.2) is 68.2 Å². The fraction of sp³-hybridized carbons (Fsp3) is 0.600. The molecule has 168 valence electrons. The lowest BCUT2D eigenvalue weighted by atomic mass is 9.90. The first-order chi connectivity index (χ1) is 14.7. The number of hydrogen-bond acceptors (Lipinski definition) is 7. The number of aromatic amines is 1. The van der Waals surface area contributed by atoms with Gasteiger partial charge in [0.05, 0.1) is 24.0 Å². The van der Waals surface area contributed by atoms with Crippen LogP contribution in [0.5, 0.6) is 0 Å². The van der Waals surface area contributed by atoms with Crippen molar-refractivity contribution < 1.29 is 13.6 Å². The van der Waals surface area contributed by atoms with E-state index in [9.17, 15) is 9.18 Å². The van der Waals surface area contributed by atoms with Crippen LogP contribution < -0.4 is 10.6 Å². The number of piperidine rings is 1. The number of fused-ring (bicyclic) bond motifs is 1. The third-order valence-corrected chi connectivity index (χ3v) is 6.19. The molecule has 0 spiro atoms. The minimum Gasteiger partial charge on any atom is -0.354 e. The second-order valence-electron chi connectivity index (χ2n) is 8.69. The van der Waals surface area contributed by atoms with Crippen LogP contribution in [0.2, 0.25) is 0 Å². The Morgan fingerprint density at radius 2 is 2.00 bits per heavy atom. The molecule has 1 amide bonds. The molecule has 2 aromatic rings. The van der Waals surface area contributed by atoms with Gasteiger partial charge in [0.15, 0.2) is 23.1 Å². The van der Waals surface area contributed by atoms with Crippen LogP contribution in [0.3, 0.4) is 0 Å². The van der Waals surface area contributed by atoms with E-state index in [0.29, 0.717) is 36.7 Å². The summed E-state index contributed by atoms with van der Waals surface area (Å²) in [5.41, 5.74) is -1.27. The molecule has 0 unspecified atom stereocenters. The summed E-state index contributed by atoms with van der Waals surface area (Å²) in [6.07, 6.45) is 1.42. The number of carbonyl (C=O) groups excluding carboxylic acids is 1. The molecule has 1 saturated heterocycles. The van der Waals surface area contributed by atoms with E-state index in [0.717, 1.165) is 6.20 Å². The normalized spacial score (nSPS) is 19.9. The van der Waals surface area contributed by atoms with Crippen molar-refractivity contribution in [2.45, 2.75) is 51.4 Å². The maximum absolute atomic E-state index is 15.5. The van der Waals surface area contributed by atoms with E-state index in [1.807, 2.05) is 32.7 Å². The van der Waals surface area contributed by atoms with Crippen LogP contribution >= 0.6 is 0 Å². The van der Waals surface area contributed by atoms with Crippen molar-refractivity contribution in [3.8, 4) is 0 Å². The molecule has 0 radical (unpaired) electrons. The highest BCUT2D eigenvalue weighted by molar-refractivity contribution is 5.87. The molecule has 31 heavy (non-hydrogen) atoms. The van der Waals surface area contributed by atoms with Crippen LogP contribution in [0.1, 0.15) is 44.9 Å². The zero-order valence-electron chi connectivity index (χ0n) is 18.2. The number of nitrogens with one attached hydrogen (secondary N) is 3. The van der Waals surface area contributed by atoms with Gasteiger partial charge in [-0.1, -0.05) is 0 Å². The highest BCUT2D eigenvalue weighted by Gasteiger charge is 2.51. The van der Waals surface area contributed by atoms with Crippen LogP contribution in [-0.2, 0) is 16.9 Å². The van der Waals surface area contributed by atoms with Crippen LogP contribution in [0.4, 0.5) is 26.4 Å². The van der Waals surface area contributed by atoms with Crippen molar-refractivity contribution in [1.82, 2.24) is 30.0 Å². The molecule has 9 nitrogen and oxygen atoms in total. The van der Waals surface area contributed by atoms with Gasteiger partial charge in [0.25, 0.3) is 5.91 Å². The maximum atomic E-state index is 15.5. The number of likely N-dealkylation sites (tertiary alicyclic amines) is 1. The van der Waals surface area contributed by atoms with Crippen LogP contribution in [0.25, 0.3) is 0 Å². The van der Waals surface area contributed by atoms with Gasteiger partial charge in [0.1, 0.15) is 0 Å².